The zero-order valence-corrected chi connectivity index (χ0v) is 26.8. The number of amides is 1. The number of carboxylic acid groups (broad SMARTS) is 1. The van der Waals surface area contributed by atoms with E-state index in [0.717, 1.165) is 73.4 Å². The maximum absolute atomic E-state index is 13.9. The number of halogens is 4. The van der Waals surface area contributed by atoms with Crippen molar-refractivity contribution in [3.63, 3.8) is 0 Å². The van der Waals surface area contributed by atoms with Gasteiger partial charge in [0.2, 0.25) is 5.91 Å². The fraction of sp³-hybridized carbons (Fsp3) is 0.324. The molecule has 0 atom stereocenters. The highest BCUT2D eigenvalue weighted by Crippen LogP contribution is 2.24. The van der Waals surface area contributed by atoms with Gasteiger partial charge in [-0.25, -0.2) is 9.18 Å². The number of benzene rings is 3. The number of nitrogens with one attached hydrogen (secondary N) is 1. The van der Waals surface area contributed by atoms with Crippen LogP contribution in [-0.4, -0.2) is 64.6 Å². The maximum Gasteiger partial charge on any atom is 0.490 e. The summed E-state index contributed by atoms with van der Waals surface area (Å²) in [5, 5.41) is 10.6. The van der Waals surface area contributed by atoms with Crippen molar-refractivity contribution in [2.24, 2.45) is 5.92 Å². The average Bonchev–Trinajstić information content (AvgIpc) is 3.07. The van der Waals surface area contributed by atoms with Crippen LogP contribution in [0.4, 0.5) is 17.6 Å². The lowest BCUT2D eigenvalue weighted by Gasteiger charge is -2.32. The molecule has 4 aromatic rings. The molecule has 0 radical (unpaired) electrons. The van der Waals surface area contributed by atoms with Crippen LogP contribution in [0.5, 0.6) is 0 Å². The second kappa shape index (κ2) is 17.5. The summed E-state index contributed by atoms with van der Waals surface area (Å²) in [5.41, 5.74) is 6.30. The molecule has 1 aliphatic rings. The predicted molar refractivity (Wildman–Crippen MR) is 176 cm³/mol. The van der Waals surface area contributed by atoms with Crippen molar-refractivity contribution < 1.29 is 32.3 Å². The predicted octanol–water partition coefficient (Wildman–Crippen LogP) is 6.72. The molecule has 2 N–H and O–H groups in total. The Bertz CT molecular complexity index is 1590. The minimum absolute atomic E-state index is 0.00887. The quantitative estimate of drug-likeness (QED) is 0.137. The molecule has 1 aliphatic heterocycles. The number of hydrogen-bond acceptors (Lipinski definition) is 5. The zero-order chi connectivity index (χ0) is 34.5. The number of carbonyl (C=O) groups is 2. The SMILES string of the molecule is CN1CCC(C(=O)N(Cc2ccc(-c3ccc(CNCCc4ccccc4)cn3)cc2)Cc2cccc(F)c2)CC1.O=C(O)C(F)(F)F. The van der Waals surface area contributed by atoms with Crippen LogP contribution in [0.1, 0.15) is 35.1 Å². The van der Waals surface area contributed by atoms with E-state index >= 15 is 0 Å². The first-order chi connectivity index (χ1) is 23.0. The number of carbonyl (C=O) groups excluding carboxylic acids is 1. The van der Waals surface area contributed by atoms with Gasteiger partial charge in [0.1, 0.15) is 5.82 Å². The standard InChI is InChI=1S/C35H39FN4O.C2HF3O2/c1-39-20-17-32(18-21-39)35(41)40(26-29-8-5-9-33(36)22-29)25-28-10-13-31(14-11-28)34-15-12-30(24-38-34)23-37-19-16-27-6-3-2-4-7-27;3-2(4,5)1(6)7/h2-15,22,24,32,37H,16-21,23,25-26H2,1H3;(H,6,7). The van der Waals surface area contributed by atoms with Crippen molar-refractivity contribution in [1.29, 1.82) is 0 Å². The van der Waals surface area contributed by atoms with Crippen LogP contribution in [0.15, 0.2) is 97.2 Å². The van der Waals surface area contributed by atoms with Crippen LogP contribution < -0.4 is 5.32 Å². The number of hydrogen-bond donors (Lipinski definition) is 2. The third-order valence-corrected chi connectivity index (χ3v) is 8.09. The minimum Gasteiger partial charge on any atom is -0.475 e. The number of nitrogens with zero attached hydrogens (tertiary/aromatic N) is 3. The van der Waals surface area contributed by atoms with Crippen molar-refractivity contribution in [2.45, 2.75) is 45.1 Å². The Morgan fingerprint density at radius 1 is 0.875 bits per heavy atom. The summed E-state index contributed by atoms with van der Waals surface area (Å²) in [6, 6.07) is 29.5. The summed E-state index contributed by atoms with van der Waals surface area (Å²) in [7, 11) is 2.10. The molecule has 2 heterocycles. The van der Waals surface area contributed by atoms with E-state index in [1.165, 1.54) is 17.7 Å². The summed E-state index contributed by atoms with van der Waals surface area (Å²) in [4.78, 5) is 31.3. The van der Waals surface area contributed by atoms with Crippen LogP contribution in [0.3, 0.4) is 0 Å². The molecule has 1 amide bonds. The van der Waals surface area contributed by atoms with E-state index in [9.17, 15) is 22.4 Å². The first-order valence-electron chi connectivity index (χ1n) is 15.8. The topological polar surface area (TPSA) is 85.8 Å². The molecule has 3 aromatic carbocycles. The highest BCUT2D eigenvalue weighted by Gasteiger charge is 2.38. The fourth-order valence-corrected chi connectivity index (χ4v) is 5.39. The third kappa shape index (κ3) is 11.6. The summed E-state index contributed by atoms with van der Waals surface area (Å²) in [6.45, 7) is 4.44. The van der Waals surface area contributed by atoms with E-state index < -0.39 is 12.1 Å². The second-order valence-corrected chi connectivity index (χ2v) is 11.9. The fourth-order valence-electron chi connectivity index (χ4n) is 5.39. The largest absolute Gasteiger partial charge is 0.490 e. The van der Waals surface area contributed by atoms with Gasteiger partial charge in [0.25, 0.3) is 0 Å². The summed E-state index contributed by atoms with van der Waals surface area (Å²) >= 11 is 0. The monoisotopic (exact) mass is 664 g/mol. The van der Waals surface area contributed by atoms with Gasteiger partial charge in [0, 0.05) is 37.3 Å². The Morgan fingerprint density at radius 2 is 1.50 bits per heavy atom. The van der Waals surface area contributed by atoms with Gasteiger partial charge in [-0.1, -0.05) is 72.8 Å². The maximum atomic E-state index is 13.9. The molecule has 48 heavy (non-hydrogen) atoms. The van der Waals surface area contributed by atoms with E-state index in [1.807, 2.05) is 23.2 Å². The number of alkyl halides is 3. The molecule has 1 saturated heterocycles. The molecule has 0 spiro atoms. The van der Waals surface area contributed by atoms with E-state index in [4.69, 9.17) is 14.9 Å². The lowest BCUT2D eigenvalue weighted by Crippen LogP contribution is -2.41. The highest BCUT2D eigenvalue weighted by atomic mass is 19.4. The van der Waals surface area contributed by atoms with Crippen LogP contribution in [-0.2, 0) is 35.6 Å². The number of rotatable bonds is 11. The first-order valence-corrected chi connectivity index (χ1v) is 15.8. The molecule has 0 unspecified atom stereocenters. The molecule has 1 aromatic heterocycles. The van der Waals surface area contributed by atoms with Crippen LogP contribution >= 0.6 is 0 Å². The lowest BCUT2D eigenvalue weighted by atomic mass is 9.95. The van der Waals surface area contributed by atoms with Gasteiger partial charge >= 0.3 is 12.1 Å². The number of carboxylic acids is 1. The van der Waals surface area contributed by atoms with Crippen molar-refractivity contribution in [2.75, 3.05) is 26.7 Å². The van der Waals surface area contributed by atoms with Gasteiger partial charge in [-0.15, -0.1) is 0 Å². The molecule has 254 valence electrons. The minimum atomic E-state index is -5.08. The normalized spacial score (nSPS) is 13.8. The Balaban J connectivity index is 0.000000671. The van der Waals surface area contributed by atoms with E-state index in [-0.39, 0.29) is 17.6 Å². The van der Waals surface area contributed by atoms with Gasteiger partial charge < -0.3 is 20.2 Å². The van der Waals surface area contributed by atoms with Crippen molar-refractivity contribution in [3.8, 4) is 11.3 Å². The van der Waals surface area contributed by atoms with Crippen LogP contribution in [0.2, 0.25) is 0 Å². The smallest absolute Gasteiger partial charge is 0.475 e. The number of pyridine rings is 1. The Hall–Kier alpha value is -4.61. The third-order valence-electron chi connectivity index (χ3n) is 8.09. The Labute approximate surface area is 278 Å². The van der Waals surface area contributed by atoms with E-state index in [1.54, 1.807) is 6.07 Å². The molecule has 7 nitrogen and oxygen atoms in total. The Kier molecular flexibility index (Phi) is 13.2. The number of aromatic nitrogens is 1. The van der Waals surface area contributed by atoms with Gasteiger partial charge in [-0.05, 0) is 86.4 Å². The summed E-state index contributed by atoms with van der Waals surface area (Å²) in [5.74, 6) is -2.87. The molecule has 11 heteroatoms. The van der Waals surface area contributed by atoms with Gasteiger partial charge in [-0.2, -0.15) is 13.2 Å². The second-order valence-electron chi connectivity index (χ2n) is 11.9. The number of aliphatic carboxylic acids is 1. The van der Waals surface area contributed by atoms with Gasteiger partial charge in [0.15, 0.2) is 0 Å². The number of piperidine rings is 1. The van der Waals surface area contributed by atoms with Crippen molar-refractivity contribution >= 4 is 11.9 Å². The van der Waals surface area contributed by atoms with E-state index in [0.29, 0.717) is 13.1 Å². The van der Waals surface area contributed by atoms with E-state index in [2.05, 4.69) is 77.9 Å². The number of likely N-dealkylation sites (tertiary alicyclic amines) is 1. The molecular formula is C37H40F4N4O3. The van der Waals surface area contributed by atoms with Crippen LogP contribution in [0.25, 0.3) is 11.3 Å². The lowest BCUT2D eigenvalue weighted by molar-refractivity contribution is -0.192. The molecule has 5 rings (SSSR count). The van der Waals surface area contributed by atoms with Gasteiger partial charge in [0.05, 0.1) is 5.69 Å². The van der Waals surface area contributed by atoms with Gasteiger partial charge in [-0.3, -0.25) is 9.78 Å². The zero-order valence-electron chi connectivity index (χ0n) is 26.8. The Morgan fingerprint density at radius 3 is 2.10 bits per heavy atom. The first kappa shape index (κ1) is 36.2. The van der Waals surface area contributed by atoms with Crippen molar-refractivity contribution in [1.82, 2.24) is 20.1 Å². The van der Waals surface area contributed by atoms with Crippen LogP contribution in [0, 0.1) is 11.7 Å². The summed E-state index contributed by atoms with van der Waals surface area (Å²) in [6.07, 6.45) is -0.433. The molecule has 0 aliphatic carbocycles. The average molecular weight is 665 g/mol. The molecule has 1 fully saturated rings. The molecular weight excluding hydrogens is 624 g/mol. The highest BCUT2D eigenvalue weighted by molar-refractivity contribution is 5.79. The molecule has 0 saturated carbocycles. The molecule has 0 bridgehead atoms. The summed E-state index contributed by atoms with van der Waals surface area (Å²) < 4.78 is 45.6. The van der Waals surface area contributed by atoms with Crippen molar-refractivity contribution in [3.05, 3.63) is 125 Å².